The fourth-order valence-corrected chi connectivity index (χ4v) is 3.74. The van der Waals surface area contributed by atoms with Gasteiger partial charge in [-0.2, -0.15) is 0 Å². The maximum Gasteiger partial charge on any atom is 0.224 e. The lowest BCUT2D eigenvalue weighted by molar-refractivity contribution is -0.117. The Morgan fingerprint density at radius 3 is 2.92 bits per heavy atom. The first kappa shape index (κ1) is 17.1. The molecule has 2 aliphatic rings. The molecule has 24 heavy (non-hydrogen) atoms. The Kier molecular flexibility index (Phi) is 5.29. The van der Waals surface area contributed by atoms with Gasteiger partial charge in [-0.3, -0.25) is 4.79 Å². The molecule has 5 nitrogen and oxygen atoms in total. The number of amides is 1. The number of carbonyl (C=O) groups excluding carboxylic acids is 1. The SMILES string of the molecule is CCOc1cc2c(cc1NC(=O)CC1CCCCC1N)OC(C)C2. The van der Waals surface area contributed by atoms with Crippen LogP contribution in [-0.2, 0) is 11.2 Å². The Hall–Kier alpha value is -1.75. The van der Waals surface area contributed by atoms with Crippen molar-refractivity contribution in [2.24, 2.45) is 11.7 Å². The predicted molar refractivity (Wildman–Crippen MR) is 94.6 cm³/mol. The van der Waals surface area contributed by atoms with Gasteiger partial charge in [0.1, 0.15) is 17.6 Å². The van der Waals surface area contributed by atoms with Crippen LogP contribution in [0.1, 0.15) is 51.5 Å². The van der Waals surface area contributed by atoms with Crippen LogP contribution >= 0.6 is 0 Å². The molecule has 0 radical (unpaired) electrons. The first-order valence-electron chi connectivity index (χ1n) is 9.08. The second-order valence-corrected chi connectivity index (χ2v) is 6.98. The number of hydrogen-bond donors (Lipinski definition) is 2. The number of nitrogens with two attached hydrogens (primary N) is 1. The fourth-order valence-electron chi connectivity index (χ4n) is 3.74. The molecule has 0 spiro atoms. The lowest BCUT2D eigenvalue weighted by Crippen LogP contribution is -2.35. The highest BCUT2D eigenvalue weighted by Gasteiger charge is 2.26. The number of nitrogens with one attached hydrogen (secondary N) is 1. The molecule has 3 atom stereocenters. The van der Waals surface area contributed by atoms with Gasteiger partial charge in [0.2, 0.25) is 5.91 Å². The van der Waals surface area contributed by atoms with Gasteiger partial charge in [-0.25, -0.2) is 0 Å². The summed E-state index contributed by atoms with van der Waals surface area (Å²) in [4.78, 5) is 12.5. The molecule has 1 amide bonds. The minimum atomic E-state index is 0.00398. The van der Waals surface area contributed by atoms with Crippen LogP contribution < -0.4 is 20.5 Å². The molecule has 132 valence electrons. The molecule has 0 bridgehead atoms. The van der Waals surface area contributed by atoms with Crippen LogP contribution in [0.3, 0.4) is 0 Å². The molecule has 1 heterocycles. The van der Waals surface area contributed by atoms with Crippen molar-refractivity contribution in [2.75, 3.05) is 11.9 Å². The molecule has 3 unspecified atom stereocenters. The number of benzene rings is 1. The zero-order valence-corrected chi connectivity index (χ0v) is 14.6. The van der Waals surface area contributed by atoms with Crippen molar-refractivity contribution in [1.29, 1.82) is 0 Å². The topological polar surface area (TPSA) is 73.6 Å². The lowest BCUT2D eigenvalue weighted by Gasteiger charge is -2.28. The molecule has 1 aromatic rings. The number of carbonyl (C=O) groups is 1. The van der Waals surface area contributed by atoms with Crippen LogP contribution in [0.4, 0.5) is 5.69 Å². The van der Waals surface area contributed by atoms with Crippen LogP contribution in [0, 0.1) is 5.92 Å². The molecule has 1 aromatic carbocycles. The molecule has 3 rings (SSSR count). The molecular formula is C19H28N2O3. The summed E-state index contributed by atoms with van der Waals surface area (Å²) < 4.78 is 11.5. The van der Waals surface area contributed by atoms with Crippen LogP contribution in [0.2, 0.25) is 0 Å². The Bertz CT molecular complexity index is 603. The van der Waals surface area contributed by atoms with Crippen molar-refractivity contribution in [2.45, 2.75) is 64.5 Å². The van der Waals surface area contributed by atoms with E-state index in [2.05, 4.69) is 5.32 Å². The highest BCUT2D eigenvalue weighted by molar-refractivity contribution is 5.93. The van der Waals surface area contributed by atoms with E-state index in [1.807, 2.05) is 26.0 Å². The molecule has 3 N–H and O–H groups in total. The van der Waals surface area contributed by atoms with Gasteiger partial charge in [-0.1, -0.05) is 12.8 Å². The average molecular weight is 332 g/mol. The van der Waals surface area contributed by atoms with E-state index in [1.165, 1.54) is 12.8 Å². The summed E-state index contributed by atoms with van der Waals surface area (Å²) in [5.74, 6) is 1.84. The molecule has 0 saturated heterocycles. The minimum Gasteiger partial charge on any atom is -0.492 e. The van der Waals surface area contributed by atoms with Crippen molar-refractivity contribution in [3.8, 4) is 11.5 Å². The maximum absolute atomic E-state index is 12.5. The van der Waals surface area contributed by atoms with Gasteiger partial charge in [0.05, 0.1) is 12.3 Å². The molecule has 1 aliphatic carbocycles. The van der Waals surface area contributed by atoms with Crippen LogP contribution in [0.25, 0.3) is 0 Å². The summed E-state index contributed by atoms with van der Waals surface area (Å²) >= 11 is 0. The van der Waals surface area contributed by atoms with E-state index in [9.17, 15) is 4.79 Å². The summed E-state index contributed by atoms with van der Waals surface area (Å²) in [6, 6.07) is 4.02. The second kappa shape index (κ2) is 7.43. The van der Waals surface area contributed by atoms with Gasteiger partial charge < -0.3 is 20.5 Å². The number of fused-ring (bicyclic) bond motifs is 1. The van der Waals surface area contributed by atoms with Gasteiger partial charge in [-0.15, -0.1) is 0 Å². The van der Waals surface area contributed by atoms with Crippen molar-refractivity contribution >= 4 is 11.6 Å². The van der Waals surface area contributed by atoms with Crippen LogP contribution in [-0.4, -0.2) is 24.7 Å². The summed E-state index contributed by atoms with van der Waals surface area (Å²) in [5, 5.41) is 3.01. The van der Waals surface area contributed by atoms with E-state index in [0.717, 1.165) is 36.3 Å². The first-order chi connectivity index (χ1) is 11.6. The van der Waals surface area contributed by atoms with Gasteiger partial charge in [-0.05, 0) is 38.7 Å². The number of rotatable bonds is 5. The molecular weight excluding hydrogens is 304 g/mol. The minimum absolute atomic E-state index is 0.00398. The zero-order chi connectivity index (χ0) is 17.1. The highest BCUT2D eigenvalue weighted by Crippen LogP contribution is 2.38. The third kappa shape index (κ3) is 3.83. The van der Waals surface area contributed by atoms with E-state index in [1.54, 1.807) is 0 Å². The Labute approximate surface area is 143 Å². The molecule has 1 fully saturated rings. The highest BCUT2D eigenvalue weighted by atomic mass is 16.5. The Balaban J connectivity index is 1.71. The van der Waals surface area contributed by atoms with Crippen LogP contribution in [0.15, 0.2) is 12.1 Å². The molecule has 5 heteroatoms. The first-order valence-corrected chi connectivity index (χ1v) is 9.08. The van der Waals surface area contributed by atoms with Crippen LogP contribution in [0.5, 0.6) is 11.5 Å². The third-order valence-corrected chi connectivity index (χ3v) is 4.99. The predicted octanol–water partition coefficient (Wildman–Crippen LogP) is 3.25. The number of anilines is 1. The van der Waals surface area contributed by atoms with E-state index in [0.29, 0.717) is 18.7 Å². The summed E-state index contributed by atoms with van der Waals surface area (Å²) in [5.41, 5.74) is 7.99. The number of hydrogen-bond acceptors (Lipinski definition) is 4. The fraction of sp³-hybridized carbons (Fsp3) is 0.632. The van der Waals surface area contributed by atoms with E-state index in [4.69, 9.17) is 15.2 Å². The number of ether oxygens (including phenoxy) is 2. The van der Waals surface area contributed by atoms with Crippen molar-refractivity contribution in [3.05, 3.63) is 17.7 Å². The summed E-state index contributed by atoms with van der Waals surface area (Å²) in [7, 11) is 0. The van der Waals surface area contributed by atoms with E-state index < -0.39 is 0 Å². The Morgan fingerprint density at radius 1 is 1.38 bits per heavy atom. The van der Waals surface area contributed by atoms with E-state index in [-0.39, 0.29) is 24.0 Å². The monoisotopic (exact) mass is 332 g/mol. The average Bonchev–Trinajstić information content (AvgIpc) is 2.89. The van der Waals surface area contributed by atoms with Crippen molar-refractivity contribution in [1.82, 2.24) is 0 Å². The molecule has 1 aliphatic heterocycles. The zero-order valence-electron chi connectivity index (χ0n) is 14.6. The van der Waals surface area contributed by atoms with Gasteiger partial charge in [0.15, 0.2) is 0 Å². The third-order valence-electron chi connectivity index (χ3n) is 4.99. The van der Waals surface area contributed by atoms with Gasteiger partial charge >= 0.3 is 0 Å². The largest absolute Gasteiger partial charge is 0.492 e. The maximum atomic E-state index is 12.5. The Morgan fingerprint density at radius 2 is 2.17 bits per heavy atom. The lowest BCUT2D eigenvalue weighted by atomic mass is 9.83. The summed E-state index contributed by atoms with van der Waals surface area (Å²) in [6.45, 7) is 4.55. The second-order valence-electron chi connectivity index (χ2n) is 6.98. The van der Waals surface area contributed by atoms with E-state index >= 15 is 0 Å². The van der Waals surface area contributed by atoms with Gasteiger partial charge in [0, 0.05) is 30.5 Å². The quantitative estimate of drug-likeness (QED) is 0.868. The smallest absolute Gasteiger partial charge is 0.224 e. The van der Waals surface area contributed by atoms with Crippen molar-refractivity contribution < 1.29 is 14.3 Å². The molecule has 0 aromatic heterocycles. The van der Waals surface area contributed by atoms with Crippen molar-refractivity contribution in [3.63, 3.8) is 0 Å². The normalized spacial score (nSPS) is 25.7. The standard InChI is InChI=1S/C19H28N2O3/c1-3-23-18-9-14-8-12(2)24-17(14)11-16(18)21-19(22)10-13-6-4-5-7-15(13)20/h9,11-13,15H,3-8,10,20H2,1-2H3,(H,21,22). The van der Waals surface area contributed by atoms with Gasteiger partial charge in [0.25, 0.3) is 0 Å². The molecule has 1 saturated carbocycles. The summed E-state index contributed by atoms with van der Waals surface area (Å²) in [6.07, 6.45) is 5.92.